The highest BCUT2D eigenvalue weighted by atomic mass is 16.5. The number of hydrogen-bond acceptors (Lipinski definition) is 5. The van der Waals surface area contributed by atoms with Gasteiger partial charge >= 0.3 is 0 Å². The van der Waals surface area contributed by atoms with Crippen LogP contribution < -0.4 is 5.32 Å². The van der Waals surface area contributed by atoms with Crippen molar-refractivity contribution in [2.24, 2.45) is 0 Å². The number of nitrogens with zero attached hydrogens (tertiary/aromatic N) is 2. The number of carbonyl (C=O) groups is 2. The van der Waals surface area contributed by atoms with Crippen LogP contribution in [0.25, 0.3) is 0 Å². The number of fused-ring (bicyclic) bond motifs is 4. The first kappa shape index (κ1) is 26.5. The Labute approximate surface area is 231 Å². The van der Waals surface area contributed by atoms with Crippen molar-refractivity contribution in [3.63, 3.8) is 0 Å². The molecule has 208 valence electrons. The SMILES string of the molecule is COC1C[C@H]2CCC[C@@H](C1)N2C(=O)c1ccc2c(c1)C(C)(C)CN(C[C@@H](O)[C@@H]1Cc3ccccc3CN1)C2=O. The Morgan fingerprint density at radius 3 is 2.56 bits per heavy atom. The van der Waals surface area contributed by atoms with E-state index in [9.17, 15) is 14.7 Å². The highest BCUT2D eigenvalue weighted by Crippen LogP contribution is 2.38. The van der Waals surface area contributed by atoms with E-state index >= 15 is 0 Å². The van der Waals surface area contributed by atoms with Gasteiger partial charge < -0.3 is 25.0 Å². The minimum atomic E-state index is -0.671. The number of ether oxygens (including phenoxy) is 1. The molecule has 2 aromatic rings. The second-order valence-electron chi connectivity index (χ2n) is 12.6. The van der Waals surface area contributed by atoms with E-state index < -0.39 is 6.10 Å². The summed E-state index contributed by atoms with van der Waals surface area (Å²) in [5, 5.41) is 14.6. The van der Waals surface area contributed by atoms with Crippen LogP contribution in [0, 0.1) is 0 Å². The molecule has 4 heterocycles. The standard InChI is InChI=1S/C32H41N3O4/c1-32(2)19-34(18-29(36)28-14-20-7-4-5-8-22(20)17-33-28)31(38)26-12-11-21(13-27(26)32)30(37)35-23-9-6-10-24(35)16-25(15-23)39-3/h4-5,7-8,11-13,23-25,28-29,33,36H,6,9-10,14-19H2,1-3H3/t23-,24+,25?,28-,29+/m0/s1. The number of β-amino-alcohol motifs (C(OH)–C–C–N with tert-alkyl or cyclic N) is 1. The van der Waals surface area contributed by atoms with Crippen LogP contribution in [0.5, 0.6) is 0 Å². The highest BCUT2D eigenvalue weighted by Gasteiger charge is 2.43. The van der Waals surface area contributed by atoms with E-state index in [-0.39, 0.29) is 48.0 Å². The molecule has 1 unspecified atom stereocenters. The van der Waals surface area contributed by atoms with Gasteiger partial charge in [-0.05, 0) is 73.4 Å². The summed E-state index contributed by atoms with van der Waals surface area (Å²) < 4.78 is 5.66. The lowest BCUT2D eigenvalue weighted by atomic mass is 9.76. The minimum absolute atomic E-state index is 0.0728. The number of piperidine rings is 2. The molecule has 2 N–H and O–H groups in total. The van der Waals surface area contributed by atoms with Crippen LogP contribution in [0.15, 0.2) is 42.5 Å². The Morgan fingerprint density at radius 1 is 1.13 bits per heavy atom. The van der Waals surface area contributed by atoms with Crippen molar-refractivity contribution in [2.45, 2.75) is 94.7 Å². The zero-order valence-corrected chi connectivity index (χ0v) is 23.4. The molecule has 39 heavy (non-hydrogen) atoms. The molecule has 4 aliphatic rings. The van der Waals surface area contributed by atoms with Crippen molar-refractivity contribution in [2.75, 3.05) is 20.2 Å². The van der Waals surface area contributed by atoms with Gasteiger partial charge in [0, 0.05) is 61.4 Å². The van der Waals surface area contributed by atoms with Gasteiger partial charge in [-0.2, -0.15) is 0 Å². The maximum atomic E-state index is 13.8. The molecule has 0 spiro atoms. The van der Waals surface area contributed by atoms with Crippen LogP contribution in [-0.2, 0) is 23.1 Å². The van der Waals surface area contributed by atoms with Crippen LogP contribution in [0.1, 0.15) is 83.4 Å². The van der Waals surface area contributed by atoms with Gasteiger partial charge in [0.25, 0.3) is 11.8 Å². The predicted molar refractivity (Wildman–Crippen MR) is 150 cm³/mol. The summed E-state index contributed by atoms with van der Waals surface area (Å²) in [6.45, 7) is 5.75. The number of nitrogens with one attached hydrogen (secondary N) is 1. The van der Waals surface area contributed by atoms with Gasteiger partial charge in [-0.15, -0.1) is 0 Å². The molecule has 0 radical (unpaired) electrons. The Morgan fingerprint density at radius 2 is 1.85 bits per heavy atom. The van der Waals surface area contributed by atoms with Gasteiger partial charge in [0.15, 0.2) is 0 Å². The summed E-state index contributed by atoms with van der Waals surface area (Å²) in [5.41, 5.74) is 4.40. The van der Waals surface area contributed by atoms with Crippen LogP contribution in [0.4, 0.5) is 0 Å². The van der Waals surface area contributed by atoms with Gasteiger partial charge in [-0.3, -0.25) is 9.59 Å². The van der Waals surface area contributed by atoms with Gasteiger partial charge in [-0.1, -0.05) is 38.1 Å². The summed E-state index contributed by atoms with van der Waals surface area (Å²) in [6, 6.07) is 14.3. The summed E-state index contributed by atoms with van der Waals surface area (Å²) >= 11 is 0. The van der Waals surface area contributed by atoms with Gasteiger partial charge in [0.2, 0.25) is 0 Å². The molecule has 0 aromatic heterocycles. The number of rotatable bonds is 5. The zero-order chi connectivity index (χ0) is 27.3. The fourth-order valence-corrected chi connectivity index (χ4v) is 7.48. The van der Waals surface area contributed by atoms with E-state index in [1.165, 1.54) is 11.1 Å². The Balaban J connectivity index is 1.19. The Kier molecular flexibility index (Phi) is 7.02. The lowest BCUT2D eigenvalue weighted by Crippen LogP contribution is -2.56. The molecule has 2 amide bonds. The number of aliphatic hydroxyl groups is 1. The third-order valence-corrected chi connectivity index (χ3v) is 9.58. The largest absolute Gasteiger partial charge is 0.390 e. The monoisotopic (exact) mass is 531 g/mol. The van der Waals surface area contributed by atoms with E-state index in [0.717, 1.165) is 50.6 Å². The molecule has 2 fully saturated rings. The predicted octanol–water partition coefficient (Wildman–Crippen LogP) is 3.67. The minimum Gasteiger partial charge on any atom is -0.390 e. The number of hydrogen-bond donors (Lipinski definition) is 2. The zero-order valence-electron chi connectivity index (χ0n) is 23.4. The first-order valence-electron chi connectivity index (χ1n) is 14.5. The normalized spacial score (nSPS) is 28.5. The lowest BCUT2D eigenvalue weighted by molar-refractivity contribution is -0.0316. The molecule has 2 bridgehead atoms. The van der Waals surface area contributed by atoms with Crippen LogP contribution in [-0.4, -0.2) is 77.3 Å². The molecule has 0 aliphatic carbocycles. The van der Waals surface area contributed by atoms with Crippen molar-refractivity contribution >= 4 is 11.8 Å². The summed E-state index contributed by atoms with van der Waals surface area (Å²) in [5.74, 6) is 0.00294. The van der Waals surface area contributed by atoms with Gasteiger partial charge in [0.1, 0.15) is 0 Å². The van der Waals surface area contributed by atoms with Crippen LogP contribution in [0.3, 0.4) is 0 Å². The third-order valence-electron chi connectivity index (χ3n) is 9.58. The highest BCUT2D eigenvalue weighted by molar-refractivity contribution is 6.00. The van der Waals surface area contributed by atoms with Crippen molar-refractivity contribution < 1.29 is 19.4 Å². The van der Waals surface area contributed by atoms with E-state index in [1.54, 1.807) is 12.0 Å². The molecule has 2 aromatic carbocycles. The molecular formula is C32H41N3O4. The van der Waals surface area contributed by atoms with Crippen molar-refractivity contribution in [3.05, 3.63) is 70.3 Å². The lowest BCUT2D eigenvalue weighted by Gasteiger charge is -2.48. The van der Waals surface area contributed by atoms with Crippen molar-refractivity contribution in [3.8, 4) is 0 Å². The fraction of sp³-hybridized carbons (Fsp3) is 0.562. The van der Waals surface area contributed by atoms with Crippen molar-refractivity contribution in [1.82, 2.24) is 15.1 Å². The molecule has 0 saturated carbocycles. The van der Waals surface area contributed by atoms with E-state index in [4.69, 9.17) is 4.74 Å². The molecule has 7 nitrogen and oxygen atoms in total. The Bertz CT molecular complexity index is 1250. The molecule has 4 aliphatic heterocycles. The molecule has 7 heteroatoms. The molecule has 6 rings (SSSR count). The molecule has 2 saturated heterocycles. The number of benzene rings is 2. The van der Waals surface area contributed by atoms with E-state index in [0.29, 0.717) is 17.7 Å². The summed E-state index contributed by atoms with van der Waals surface area (Å²) in [4.78, 5) is 31.3. The number of methoxy groups -OCH3 is 1. The second kappa shape index (κ2) is 10.3. The maximum Gasteiger partial charge on any atom is 0.254 e. The second-order valence-corrected chi connectivity index (χ2v) is 12.6. The average Bonchev–Trinajstić information content (AvgIpc) is 2.94. The van der Waals surface area contributed by atoms with Gasteiger partial charge in [0.05, 0.1) is 12.2 Å². The van der Waals surface area contributed by atoms with E-state index in [1.807, 2.05) is 30.3 Å². The maximum absolute atomic E-state index is 13.8. The smallest absolute Gasteiger partial charge is 0.254 e. The van der Waals surface area contributed by atoms with Crippen molar-refractivity contribution in [1.29, 1.82) is 0 Å². The quantitative estimate of drug-likeness (QED) is 0.616. The number of carbonyl (C=O) groups excluding carboxylic acids is 2. The summed E-state index contributed by atoms with van der Waals surface area (Å²) in [7, 11) is 1.77. The topological polar surface area (TPSA) is 82.1 Å². The Hall–Kier alpha value is -2.74. The fourth-order valence-electron chi connectivity index (χ4n) is 7.48. The van der Waals surface area contributed by atoms with Gasteiger partial charge in [-0.25, -0.2) is 0 Å². The number of amides is 2. The first-order valence-corrected chi connectivity index (χ1v) is 14.5. The van der Waals surface area contributed by atoms with Crippen LogP contribution >= 0.6 is 0 Å². The van der Waals surface area contributed by atoms with Crippen LogP contribution in [0.2, 0.25) is 0 Å². The third kappa shape index (κ3) is 4.90. The van der Waals surface area contributed by atoms with E-state index in [2.05, 4.69) is 36.2 Å². The summed E-state index contributed by atoms with van der Waals surface area (Å²) in [6.07, 6.45) is 5.30. The molecule has 5 atom stereocenters. The first-order chi connectivity index (χ1) is 18.7. The number of aliphatic hydroxyl groups excluding tert-OH is 1. The molecular weight excluding hydrogens is 490 g/mol. The average molecular weight is 532 g/mol.